The van der Waals surface area contributed by atoms with E-state index in [0.29, 0.717) is 31.7 Å². The molecule has 0 spiro atoms. The minimum atomic E-state index is -0.969. The van der Waals surface area contributed by atoms with Crippen LogP contribution >= 0.6 is 0 Å². The summed E-state index contributed by atoms with van der Waals surface area (Å²) in [4.78, 5) is 30.3. The molecule has 2 fully saturated rings. The van der Waals surface area contributed by atoms with Crippen LogP contribution in [0.3, 0.4) is 0 Å². The van der Waals surface area contributed by atoms with Gasteiger partial charge in [0.05, 0.1) is 6.10 Å². The number of carbonyl (C=O) groups is 2. The number of rotatable bonds is 6. The van der Waals surface area contributed by atoms with Gasteiger partial charge in [-0.1, -0.05) is 12.5 Å². The number of carbonyl (C=O) groups excluding carboxylic acids is 2. The Morgan fingerprint density at radius 2 is 1.80 bits per heavy atom. The summed E-state index contributed by atoms with van der Waals surface area (Å²) in [6.45, 7) is 3.81. The first-order chi connectivity index (χ1) is 14.4. The fourth-order valence-corrected chi connectivity index (χ4v) is 3.92. The zero-order chi connectivity index (χ0) is 21.5. The molecule has 2 aliphatic heterocycles. The molecule has 0 aromatic heterocycles. The molecule has 2 heterocycles. The molecule has 2 amide bonds. The van der Waals surface area contributed by atoms with Crippen molar-refractivity contribution in [1.82, 2.24) is 14.7 Å². The molecule has 2 saturated heterocycles. The van der Waals surface area contributed by atoms with E-state index in [4.69, 9.17) is 0 Å². The monoisotopic (exact) mass is 421 g/mol. The van der Waals surface area contributed by atoms with Crippen molar-refractivity contribution in [2.75, 3.05) is 45.8 Å². The van der Waals surface area contributed by atoms with Gasteiger partial charge in [-0.25, -0.2) is 8.78 Å². The molecular formula is C22H29F2N3O3. The minimum absolute atomic E-state index is 0.0763. The van der Waals surface area contributed by atoms with E-state index in [9.17, 15) is 23.5 Å². The molecule has 164 valence electrons. The summed E-state index contributed by atoms with van der Waals surface area (Å²) >= 11 is 0. The normalized spacial score (nSPS) is 19.9. The van der Waals surface area contributed by atoms with E-state index in [0.717, 1.165) is 38.1 Å². The Balaban J connectivity index is 1.50. The van der Waals surface area contributed by atoms with Gasteiger partial charge in [0.2, 0.25) is 11.8 Å². The van der Waals surface area contributed by atoms with Gasteiger partial charge < -0.3 is 19.8 Å². The number of likely N-dealkylation sites (tertiary alicyclic amines) is 1. The van der Waals surface area contributed by atoms with Crippen molar-refractivity contribution in [1.29, 1.82) is 0 Å². The van der Waals surface area contributed by atoms with Crippen LogP contribution in [0.2, 0.25) is 0 Å². The summed E-state index contributed by atoms with van der Waals surface area (Å²) in [5.74, 6) is -2.27. The van der Waals surface area contributed by atoms with Gasteiger partial charge in [0, 0.05) is 45.2 Å². The number of β-amino-alcohol motifs (C(OH)–C–C–N with tert-alkyl or cyclic N) is 1. The van der Waals surface area contributed by atoms with E-state index in [1.807, 2.05) is 0 Å². The van der Waals surface area contributed by atoms with Gasteiger partial charge in [0.25, 0.3) is 0 Å². The Kier molecular flexibility index (Phi) is 7.93. The average molecular weight is 421 g/mol. The van der Waals surface area contributed by atoms with Crippen LogP contribution in [0, 0.1) is 11.6 Å². The van der Waals surface area contributed by atoms with Crippen LogP contribution in [0.25, 0.3) is 6.08 Å². The van der Waals surface area contributed by atoms with Crippen LogP contribution < -0.4 is 0 Å². The highest BCUT2D eigenvalue weighted by atomic mass is 19.2. The fourth-order valence-electron chi connectivity index (χ4n) is 3.92. The summed E-state index contributed by atoms with van der Waals surface area (Å²) in [7, 11) is 0. The van der Waals surface area contributed by atoms with Crippen molar-refractivity contribution < 1.29 is 23.5 Å². The molecule has 1 aromatic rings. The molecule has 1 N–H and O–H groups in total. The topological polar surface area (TPSA) is 64.1 Å². The standard InChI is InChI=1S/C22H29F2N3O3/c23-19-6-4-17(14-20(19)24)5-7-21(29)26-11-8-22(30)27(13-12-26)16-18(28)15-25-9-2-1-3-10-25/h4-7,14,18,28H,1-3,8-13,15-16H2/b7-5+. The number of nitrogens with zero attached hydrogens (tertiary/aromatic N) is 3. The van der Waals surface area contributed by atoms with E-state index < -0.39 is 17.7 Å². The van der Waals surface area contributed by atoms with Crippen molar-refractivity contribution >= 4 is 17.9 Å². The highest BCUT2D eigenvalue weighted by Crippen LogP contribution is 2.13. The van der Waals surface area contributed by atoms with Crippen LogP contribution in [0.15, 0.2) is 24.3 Å². The summed E-state index contributed by atoms with van der Waals surface area (Å²) in [6, 6.07) is 3.42. The van der Waals surface area contributed by atoms with Crippen LogP contribution in [0.4, 0.5) is 8.78 Å². The summed E-state index contributed by atoms with van der Waals surface area (Å²) in [6.07, 6.45) is 5.83. The summed E-state index contributed by atoms with van der Waals surface area (Å²) < 4.78 is 26.3. The van der Waals surface area contributed by atoms with Crippen molar-refractivity contribution in [2.45, 2.75) is 31.8 Å². The van der Waals surface area contributed by atoms with Gasteiger partial charge >= 0.3 is 0 Å². The van der Waals surface area contributed by atoms with E-state index >= 15 is 0 Å². The minimum Gasteiger partial charge on any atom is -0.390 e. The van der Waals surface area contributed by atoms with Crippen molar-refractivity contribution in [2.24, 2.45) is 0 Å². The zero-order valence-electron chi connectivity index (χ0n) is 17.1. The first kappa shape index (κ1) is 22.4. The molecule has 1 unspecified atom stereocenters. The lowest BCUT2D eigenvalue weighted by atomic mass is 10.1. The van der Waals surface area contributed by atoms with E-state index in [1.54, 1.807) is 9.80 Å². The number of benzene rings is 1. The van der Waals surface area contributed by atoms with Crippen LogP contribution in [-0.4, -0.2) is 83.5 Å². The zero-order valence-corrected chi connectivity index (χ0v) is 17.1. The highest BCUT2D eigenvalue weighted by Gasteiger charge is 2.25. The first-order valence-corrected chi connectivity index (χ1v) is 10.5. The smallest absolute Gasteiger partial charge is 0.246 e. The van der Waals surface area contributed by atoms with Crippen molar-refractivity contribution in [3.63, 3.8) is 0 Å². The molecule has 1 aromatic carbocycles. The number of aliphatic hydroxyl groups excluding tert-OH is 1. The van der Waals surface area contributed by atoms with Crippen molar-refractivity contribution in [3.05, 3.63) is 41.5 Å². The molecule has 2 aliphatic rings. The van der Waals surface area contributed by atoms with Gasteiger partial charge in [0.15, 0.2) is 11.6 Å². The van der Waals surface area contributed by atoms with Gasteiger partial charge in [-0.05, 0) is 49.7 Å². The molecule has 1 atom stereocenters. The predicted octanol–water partition coefficient (Wildman–Crippen LogP) is 1.89. The third kappa shape index (κ3) is 6.34. The van der Waals surface area contributed by atoms with Crippen LogP contribution in [0.1, 0.15) is 31.2 Å². The fraction of sp³-hybridized carbons (Fsp3) is 0.545. The maximum absolute atomic E-state index is 13.3. The molecule has 0 radical (unpaired) electrons. The molecule has 30 heavy (non-hydrogen) atoms. The number of aliphatic hydroxyl groups is 1. The van der Waals surface area contributed by atoms with Gasteiger partial charge in [-0.2, -0.15) is 0 Å². The highest BCUT2D eigenvalue weighted by molar-refractivity contribution is 5.92. The maximum Gasteiger partial charge on any atom is 0.246 e. The summed E-state index contributed by atoms with van der Waals surface area (Å²) in [5.41, 5.74) is 0.385. The number of hydrogen-bond acceptors (Lipinski definition) is 4. The molecule has 6 nitrogen and oxygen atoms in total. The Hall–Kier alpha value is -2.32. The molecule has 0 aliphatic carbocycles. The van der Waals surface area contributed by atoms with Gasteiger partial charge in [0.1, 0.15) is 0 Å². The quantitative estimate of drug-likeness (QED) is 0.713. The second-order valence-electron chi connectivity index (χ2n) is 7.94. The van der Waals surface area contributed by atoms with Crippen LogP contribution in [-0.2, 0) is 9.59 Å². The van der Waals surface area contributed by atoms with Gasteiger partial charge in [-0.15, -0.1) is 0 Å². The maximum atomic E-state index is 13.3. The lowest BCUT2D eigenvalue weighted by Gasteiger charge is -2.30. The van der Waals surface area contributed by atoms with E-state index in [1.165, 1.54) is 24.6 Å². The van der Waals surface area contributed by atoms with Crippen molar-refractivity contribution in [3.8, 4) is 0 Å². The Labute approximate surface area is 175 Å². The summed E-state index contributed by atoms with van der Waals surface area (Å²) in [5, 5.41) is 10.4. The second kappa shape index (κ2) is 10.6. The third-order valence-electron chi connectivity index (χ3n) is 5.61. The van der Waals surface area contributed by atoms with Gasteiger partial charge in [-0.3, -0.25) is 9.59 Å². The Morgan fingerprint density at radius 1 is 1.03 bits per heavy atom. The molecular weight excluding hydrogens is 392 g/mol. The first-order valence-electron chi connectivity index (χ1n) is 10.5. The van der Waals surface area contributed by atoms with E-state index in [-0.39, 0.29) is 24.8 Å². The predicted molar refractivity (Wildman–Crippen MR) is 109 cm³/mol. The third-order valence-corrected chi connectivity index (χ3v) is 5.61. The molecule has 0 saturated carbocycles. The molecule has 3 rings (SSSR count). The lowest BCUT2D eigenvalue weighted by molar-refractivity contribution is -0.131. The second-order valence-corrected chi connectivity index (χ2v) is 7.94. The Bertz CT molecular complexity index is 781. The van der Waals surface area contributed by atoms with Crippen LogP contribution in [0.5, 0.6) is 0 Å². The molecule has 8 heteroatoms. The largest absolute Gasteiger partial charge is 0.390 e. The average Bonchev–Trinajstić information content (AvgIpc) is 2.91. The SMILES string of the molecule is O=C(/C=C/c1ccc(F)c(F)c1)N1CCC(=O)N(CC(O)CN2CCCCC2)CC1. The molecule has 0 bridgehead atoms. The number of piperidine rings is 1. The number of hydrogen-bond donors (Lipinski definition) is 1. The lowest BCUT2D eigenvalue weighted by Crippen LogP contribution is -2.44. The Morgan fingerprint density at radius 3 is 2.53 bits per heavy atom. The number of amides is 2. The van der Waals surface area contributed by atoms with E-state index in [2.05, 4.69) is 4.90 Å². The number of halogens is 2.